The predicted octanol–water partition coefficient (Wildman–Crippen LogP) is 3.12. The lowest BCUT2D eigenvalue weighted by molar-refractivity contribution is -0.384. The number of carbonyl (C=O) groups excluding carboxylic acids is 1. The highest BCUT2D eigenvalue weighted by Gasteiger charge is 2.27. The summed E-state index contributed by atoms with van der Waals surface area (Å²) >= 11 is 0. The van der Waals surface area contributed by atoms with Crippen molar-refractivity contribution in [3.05, 3.63) is 94.5 Å². The zero-order valence-corrected chi connectivity index (χ0v) is 18.0. The van der Waals surface area contributed by atoms with Gasteiger partial charge in [-0.25, -0.2) is 8.42 Å². The first kappa shape index (κ1) is 22.8. The van der Waals surface area contributed by atoms with Crippen LogP contribution in [0, 0.1) is 10.1 Å². The number of hydrogen-bond acceptors (Lipinski definition) is 6. The third kappa shape index (κ3) is 5.41. The average Bonchev–Trinajstić information content (AvgIpc) is 2.82. The minimum atomic E-state index is -4.09. The minimum Gasteiger partial charge on any atom is -0.497 e. The van der Waals surface area contributed by atoms with E-state index in [1.54, 1.807) is 49.6 Å². The van der Waals surface area contributed by atoms with Gasteiger partial charge in [-0.3, -0.25) is 19.2 Å². The molecule has 3 aromatic carbocycles. The van der Waals surface area contributed by atoms with Crippen molar-refractivity contribution in [2.45, 2.75) is 11.4 Å². The van der Waals surface area contributed by atoms with Gasteiger partial charge in [0.25, 0.3) is 15.7 Å². The maximum atomic E-state index is 13.2. The van der Waals surface area contributed by atoms with Crippen molar-refractivity contribution >= 4 is 27.3 Å². The van der Waals surface area contributed by atoms with Crippen molar-refractivity contribution in [2.24, 2.45) is 0 Å². The van der Waals surface area contributed by atoms with Gasteiger partial charge in [0, 0.05) is 18.7 Å². The van der Waals surface area contributed by atoms with Gasteiger partial charge in [0.1, 0.15) is 12.3 Å². The van der Waals surface area contributed by atoms with Crippen LogP contribution >= 0.6 is 0 Å². The second-order valence-electron chi connectivity index (χ2n) is 6.72. The summed E-state index contributed by atoms with van der Waals surface area (Å²) in [6.45, 7) is -0.298. The van der Waals surface area contributed by atoms with Crippen molar-refractivity contribution < 1.29 is 22.9 Å². The van der Waals surface area contributed by atoms with Gasteiger partial charge in [0.05, 0.1) is 22.6 Å². The molecule has 0 saturated carbocycles. The standard InChI is InChI=1S/C22H21N3O6S/c1-31-20-13-7-17(8-14-20)15-23-22(26)16-24(18-9-11-19(12-10-18)25(27)28)32(29,30)21-5-3-2-4-6-21/h2-14H,15-16H2,1H3,(H,23,26). The van der Waals surface area contributed by atoms with Gasteiger partial charge in [-0.05, 0) is 42.0 Å². The Morgan fingerprint density at radius 2 is 1.62 bits per heavy atom. The summed E-state index contributed by atoms with van der Waals surface area (Å²) in [5.41, 5.74) is 0.765. The molecule has 0 unspecified atom stereocenters. The number of nitro benzene ring substituents is 1. The van der Waals surface area contributed by atoms with E-state index in [1.807, 2.05) is 0 Å². The van der Waals surface area contributed by atoms with Crippen molar-refractivity contribution in [1.82, 2.24) is 5.32 Å². The predicted molar refractivity (Wildman–Crippen MR) is 119 cm³/mol. The van der Waals surface area contributed by atoms with E-state index in [0.29, 0.717) is 5.75 Å². The van der Waals surface area contributed by atoms with E-state index in [-0.39, 0.29) is 22.8 Å². The van der Waals surface area contributed by atoms with Crippen molar-refractivity contribution in [1.29, 1.82) is 0 Å². The van der Waals surface area contributed by atoms with Crippen LogP contribution in [0.5, 0.6) is 5.75 Å². The molecule has 0 aliphatic heterocycles. The smallest absolute Gasteiger partial charge is 0.269 e. The normalized spacial score (nSPS) is 10.9. The molecule has 9 nitrogen and oxygen atoms in total. The van der Waals surface area contributed by atoms with Crippen LogP contribution in [-0.2, 0) is 21.4 Å². The van der Waals surface area contributed by atoms with Gasteiger partial charge in [-0.1, -0.05) is 30.3 Å². The number of benzene rings is 3. The number of carbonyl (C=O) groups is 1. The second kappa shape index (κ2) is 9.92. The topological polar surface area (TPSA) is 119 Å². The molecule has 0 bridgehead atoms. The quantitative estimate of drug-likeness (QED) is 0.391. The molecule has 0 aliphatic rings. The van der Waals surface area contributed by atoms with Gasteiger partial charge in [-0.2, -0.15) is 0 Å². The number of sulfonamides is 1. The van der Waals surface area contributed by atoms with E-state index in [2.05, 4.69) is 5.32 Å². The highest BCUT2D eigenvalue weighted by Crippen LogP contribution is 2.25. The zero-order chi connectivity index (χ0) is 23.1. The van der Waals surface area contributed by atoms with Crippen LogP contribution in [-0.4, -0.2) is 32.9 Å². The van der Waals surface area contributed by atoms with E-state index in [0.717, 1.165) is 9.87 Å². The van der Waals surface area contributed by atoms with E-state index >= 15 is 0 Å². The van der Waals surface area contributed by atoms with Crippen LogP contribution in [0.15, 0.2) is 83.8 Å². The molecular weight excluding hydrogens is 434 g/mol. The number of nitrogens with one attached hydrogen (secondary N) is 1. The zero-order valence-electron chi connectivity index (χ0n) is 17.2. The number of hydrogen-bond donors (Lipinski definition) is 1. The van der Waals surface area contributed by atoms with Gasteiger partial charge < -0.3 is 10.1 Å². The Hall–Kier alpha value is -3.92. The highest BCUT2D eigenvalue weighted by atomic mass is 32.2. The molecule has 0 spiro atoms. The van der Waals surface area contributed by atoms with Crippen molar-refractivity contribution in [2.75, 3.05) is 18.0 Å². The number of ether oxygens (including phenoxy) is 1. The summed E-state index contributed by atoms with van der Waals surface area (Å²) in [5.74, 6) is 0.150. The first-order valence-corrected chi connectivity index (χ1v) is 11.0. The Bertz CT molecular complexity index is 1180. The van der Waals surface area contributed by atoms with E-state index in [4.69, 9.17) is 4.74 Å². The fourth-order valence-corrected chi connectivity index (χ4v) is 4.35. The molecule has 0 aliphatic carbocycles. The van der Waals surface area contributed by atoms with Crippen LogP contribution in [0.25, 0.3) is 0 Å². The van der Waals surface area contributed by atoms with E-state index in [9.17, 15) is 23.3 Å². The Morgan fingerprint density at radius 1 is 1.00 bits per heavy atom. The summed E-state index contributed by atoms with van der Waals surface area (Å²) in [5, 5.41) is 13.6. The Kier molecular flexibility index (Phi) is 7.06. The number of non-ortho nitro benzene ring substituents is 1. The lowest BCUT2D eigenvalue weighted by Crippen LogP contribution is -2.40. The van der Waals surface area contributed by atoms with Gasteiger partial charge in [-0.15, -0.1) is 0 Å². The molecular formula is C22H21N3O6S. The monoisotopic (exact) mass is 455 g/mol. The van der Waals surface area contributed by atoms with E-state index < -0.39 is 27.4 Å². The molecule has 10 heteroatoms. The number of rotatable bonds is 9. The average molecular weight is 455 g/mol. The molecule has 0 aromatic heterocycles. The second-order valence-corrected chi connectivity index (χ2v) is 8.59. The van der Waals surface area contributed by atoms with Crippen LogP contribution in [0.2, 0.25) is 0 Å². The molecule has 0 heterocycles. The summed E-state index contributed by atoms with van der Waals surface area (Å²) in [4.78, 5) is 23.0. The number of nitro groups is 1. The third-order valence-electron chi connectivity index (χ3n) is 4.62. The van der Waals surface area contributed by atoms with Gasteiger partial charge in [0.15, 0.2) is 0 Å². The van der Waals surface area contributed by atoms with Crippen LogP contribution < -0.4 is 14.4 Å². The van der Waals surface area contributed by atoms with Crippen LogP contribution in [0.4, 0.5) is 11.4 Å². The lowest BCUT2D eigenvalue weighted by atomic mass is 10.2. The summed E-state index contributed by atoms with van der Waals surface area (Å²) < 4.78 is 32.5. The maximum absolute atomic E-state index is 13.2. The fourth-order valence-electron chi connectivity index (χ4n) is 2.91. The summed E-state index contributed by atoms with van der Waals surface area (Å²) in [6, 6.07) is 19.7. The van der Waals surface area contributed by atoms with Crippen molar-refractivity contribution in [3.63, 3.8) is 0 Å². The van der Waals surface area contributed by atoms with E-state index in [1.165, 1.54) is 36.4 Å². The first-order valence-electron chi connectivity index (χ1n) is 9.53. The molecule has 0 fully saturated rings. The largest absolute Gasteiger partial charge is 0.497 e. The highest BCUT2D eigenvalue weighted by molar-refractivity contribution is 7.92. The SMILES string of the molecule is COc1ccc(CNC(=O)CN(c2ccc([N+](=O)[O-])cc2)S(=O)(=O)c2ccccc2)cc1. The molecule has 3 rings (SSSR count). The molecule has 32 heavy (non-hydrogen) atoms. The lowest BCUT2D eigenvalue weighted by Gasteiger charge is -2.24. The molecule has 1 amide bonds. The number of amides is 1. The Morgan fingerprint density at radius 3 is 2.19 bits per heavy atom. The number of methoxy groups -OCH3 is 1. The molecule has 0 saturated heterocycles. The van der Waals surface area contributed by atoms with Gasteiger partial charge in [0.2, 0.25) is 5.91 Å². The molecule has 0 radical (unpaired) electrons. The summed E-state index contributed by atoms with van der Waals surface area (Å²) in [7, 11) is -2.54. The molecule has 3 aromatic rings. The Labute approximate surface area is 185 Å². The number of nitrogens with zero attached hydrogens (tertiary/aromatic N) is 2. The van der Waals surface area contributed by atoms with Crippen LogP contribution in [0.1, 0.15) is 5.56 Å². The Balaban J connectivity index is 1.83. The third-order valence-corrected chi connectivity index (χ3v) is 6.40. The number of anilines is 1. The first-order chi connectivity index (χ1) is 15.3. The molecule has 1 N–H and O–H groups in total. The summed E-state index contributed by atoms with van der Waals surface area (Å²) in [6.07, 6.45) is 0. The van der Waals surface area contributed by atoms with Crippen LogP contribution in [0.3, 0.4) is 0 Å². The van der Waals surface area contributed by atoms with Gasteiger partial charge >= 0.3 is 0 Å². The van der Waals surface area contributed by atoms with Crippen molar-refractivity contribution in [3.8, 4) is 5.75 Å². The maximum Gasteiger partial charge on any atom is 0.269 e. The molecule has 166 valence electrons. The minimum absolute atomic E-state index is 0.00121. The molecule has 0 atom stereocenters. The fraction of sp³-hybridized carbons (Fsp3) is 0.136.